The highest BCUT2D eigenvalue weighted by atomic mass is 32.2. The fourth-order valence-corrected chi connectivity index (χ4v) is 3.37. The van der Waals surface area contributed by atoms with Gasteiger partial charge in [0.25, 0.3) is 5.91 Å². The van der Waals surface area contributed by atoms with Gasteiger partial charge in [0.1, 0.15) is 11.3 Å². The minimum absolute atomic E-state index is 0.177. The molecule has 1 fully saturated rings. The summed E-state index contributed by atoms with van der Waals surface area (Å²) in [5, 5.41) is 11.9. The molecule has 1 aliphatic heterocycles. The zero-order valence-corrected chi connectivity index (χ0v) is 12.0. The van der Waals surface area contributed by atoms with Gasteiger partial charge in [-0.25, -0.2) is 4.79 Å². The largest absolute Gasteiger partial charge is 0.484 e. The molecule has 5 nitrogen and oxygen atoms in total. The number of carboxylic acid groups (broad SMARTS) is 1. The Morgan fingerprint density at radius 3 is 2.90 bits per heavy atom. The van der Waals surface area contributed by atoms with E-state index in [2.05, 4.69) is 5.32 Å². The van der Waals surface area contributed by atoms with Crippen molar-refractivity contribution in [3.8, 4) is 5.75 Å². The second-order valence-corrected chi connectivity index (χ2v) is 5.95. The molecular weight excluding hydrogens is 278 g/mol. The molecule has 0 aromatic heterocycles. The lowest BCUT2D eigenvalue weighted by Gasteiger charge is -2.24. The van der Waals surface area contributed by atoms with E-state index in [-0.39, 0.29) is 6.61 Å². The van der Waals surface area contributed by atoms with Gasteiger partial charge in [-0.2, -0.15) is 11.8 Å². The molecule has 0 radical (unpaired) electrons. The van der Waals surface area contributed by atoms with Crippen molar-refractivity contribution in [1.82, 2.24) is 5.32 Å². The molecule has 1 unspecified atom stereocenters. The Balaban J connectivity index is 1.90. The number of carboxylic acids is 1. The number of aryl methyl sites for hydroxylation is 1. The number of carbonyl (C=O) groups is 2. The minimum atomic E-state index is -1.14. The first-order valence-electron chi connectivity index (χ1n) is 6.33. The van der Waals surface area contributed by atoms with Gasteiger partial charge >= 0.3 is 5.97 Å². The highest BCUT2D eigenvalue weighted by molar-refractivity contribution is 7.99. The van der Waals surface area contributed by atoms with Crippen molar-refractivity contribution in [2.24, 2.45) is 0 Å². The third-order valence-corrected chi connectivity index (χ3v) is 4.36. The van der Waals surface area contributed by atoms with E-state index in [1.807, 2.05) is 25.1 Å². The molecule has 1 aliphatic rings. The second-order valence-electron chi connectivity index (χ2n) is 4.84. The Bertz CT molecular complexity index is 512. The van der Waals surface area contributed by atoms with Crippen LogP contribution in [0.1, 0.15) is 12.0 Å². The zero-order valence-electron chi connectivity index (χ0n) is 11.2. The molecule has 0 aliphatic carbocycles. The number of rotatable bonds is 5. The van der Waals surface area contributed by atoms with Crippen LogP contribution in [-0.4, -0.2) is 40.6 Å². The quantitative estimate of drug-likeness (QED) is 0.860. The summed E-state index contributed by atoms with van der Waals surface area (Å²) in [7, 11) is 0. The fourth-order valence-electron chi connectivity index (χ4n) is 2.04. The molecule has 1 atom stereocenters. The number of hydrogen-bond acceptors (Lipinski definition) is 4. The first kappa shape index (κ1) is 14.7. The van der Waals surface area contributed by atoms with Crippen LogP contribution in [-0.2, 0) is 9.59 Å². The van der Waals surface area contributed by atoms with E-state index in [1.54, 1.807) is 6.07 Å². The molecular formula is C14H17NO4S. The number of thioether (sulfide) groups is 1. The van der Waals surface area contributed by atoms with E-state index in [0.29, 0.717) is 17.9 Å². The van der Waals surface area contributed by atoms with Crippen molar-refractivity contribution >= 4 is 23.6 Å². The average Bonchev–Trinajstić information content (AvgIpc) is 2.86. The highest BCUT2D eigenvalue weighted by Crippen LogP contribution is 2.28. The summed E-state index contributed by atoms with van der Waals surface area (Å²) < 4.78 is 5.37. The van der Waals surface area contributed by atoms with Gasteiger partial charge in [-0.3, -0.25) is 4.79 Å². The fraction of sp³-hybridized carbons (Fsp3) is 0.429. The van der Waals surface area contributed by atoms with Crippen LogP contribution in [0.2, 0.25) is 0 Å². The van der Waals surface area contributed by atoms with Crippen molar-refractivity contribution in [3.05, 3.63) is 29.8 Å². The Morgan fingerprint density at radius 2 is 2.30 bits per heavy atom. The van der Waals surface area contributed by atoms with Gasteiger partial charge in [0, 0.05) is 5.75 Å². The molecule has 6 heteroatoms. The van der Waals surface area contributed by atoms with Gasteiger partial charge in [-0.05, 0) is 36.8 Å². The molecule has 1 saturated heterocycles. The second kappa shape index (κ2) is 6.17. The van der Waals surface area contributed by atoms with Crippen molar-refractivity contribution in [1.29, 1.82) is 0 Å². The summed E-state index contributed by atoms with van der Waals surface area (Å²) in [6.07, 6.45) is 0.448. The van der Waals surface area contributed by atoms with Gasteiger partial charge < -0.3 is 15.2 Å². The molecule has 2 rings (SSSR count). The summed E-state index contributed by atoms with van der Waals surface area (Å²) in [6.45, 7) is 1.76. The lowest BCUT2D eigenvalue weighted by atomic mass is 9.99. The third kappa shape index (κ3) is 3.45. The SMILES string of the molecule is Cc1cccc(OCC(=O)NC2(C(=O)O)CCSC2)c1. The Morgan fingerprint density at radius 1 is 1.50 bits per heavy atom. The zero-order chi connectivity index (χ0) is 14.6. The summed E-state index contributed by atoms with van der Waals surface area (Å²) in [5.74, 6) is 0.359. The van der Waals surface area contributed by atoms with Crippen molar-refractivity contribution < 1.29 is 19.4 Å². The van der Waals surface area contributed by atoms with Crippen LogP contribution in [0.3, 0.4) is 0 Å². The number of aliphatic carboxylic acids is 1. The summed E-state index contributed by atoms with van der Waals surface area (Å²) >= 11 is 1.53. The maximum absolute atomic E-state index is 11.9. The predicted molar refractivity (Wildman–Crippen MR) is 77.1 cm³/mol. The van der Waals surface area contributed by atoms with Crippen LogP contribution in [0.4, 0.5) is 0 Å². The Labute approximate surface area is 121 Å². The molecule has 20 heavy (non-hydrogen) atoms. The van der Waals surface area contributed by atoms with Gasteiger partial charge in [0.05, 0.1) is 0 Å². The van der Waals surface area contributed by atoms with E-state index in [0.717, 1.165) is 11.3 Å². The smallest absolute Gasteiger partial charge is 0.330 e. The summed E-state index contributed by atoms with van der Waals surface area (Å²) in [4.78, 5) is 23.2. The molecule has 1 heterocycles. The maximum atomic E-state index is 11.9. The van der Waals surface area contributed by atoms with Crippen LogP contribution in [0.15, 0.2) is 24.3 Å². The molecule has 1 aromatic rings. The summed E-state index contributed by atoms with van der Waals surface area (Å²) in [5.41, 5.74) is -0.102. The Hall–Kier alpha value is -1.69. The van der Waals surface area contributed by atoms with Gasteiger partial charge in [0.2, 0.25) is 0 Å². The van der Waals surface area contributed by atoms with Crippen molar-refractivity contribution in [3.63, 3.8) is 0 Å². The first-order valence-corrected chi connectivity index (χ1v) is 7.49. The van der Waals surface area contributed by atoms with Crippen molar-refractivity contribution in [2.75, 3.05) is 18.1 Å². The summed E-state index contributed by atoms with van der Waals surface area (Å²) in [6, 6.07) is 7.36. The van der Waals surface area contributed by atoms with E-state index in [9.17, 15) is 14.7 Å². The molecule has 1 aromatic carbocycles. The standard InChI is InChI=1S/C14H17NO4S/c1-10-3-2-4-11(7-10)19-8-12(16)15-14(13(17)18)5-6-20-9-14/h2-4,7H,5-6,8-9H2,1H3,(H,15,16)(H,17,18). The predicted octanol–water partition coefficient (Wildman–Crippen LogP) is 1.45. The van der Waals surface area contributed by atoms with E-state index in [1.165, 1.54) is 11.8 Å². The third-order valence-electron chi connectivity index (χ3n) is 3.17. The number of nitrogens with one attached hydrogen (secondary N) is 1. The van der Waals surface area contributed by atoms with Gasteiger partial charge in [-0.1, -0.05) is 12.1 Å². The van der Waals surface area contributed by atoms with Crippen LogP contribution in [0, 0.1) is 6.92 Å². The lowest BCUT2D eigenvalue weighted by Crippen LogP contribution is -2.55. The number of ether oxygens (including phenoxy) is 1. The minimum Gasteiger partial charge on any atom is -0.484 e. The molecule has 2 N–H and O–H groups in total. The van der Waals surface area contributed by atoms with Crippen LogP contribution in [0.5, 0.6) is 5.75 Å². The lowest BCUT2D eigenvalue weighted by molar-refractivity contribution is -0.146. The van der Waals surface area contributed by atoms with E-state index >= 15 is 0 Å². The number of hydrogen-bond donors (Lipinski definition) is 2. The first-order chi connectivity index (χ1) is 9.52. The maximum Gasteiger partial charge on any atom is 0.330 e. The van der Waals surface area contributed by atoms with Gasteiger partial charge in [0.15, 0.2) is 6.61 Å². The molecule has 1 amide bonds. The van der Waals surface area contributed by atoms with E-state index < -0.39 is 17.4 Å². The molecule has 0 bridgehead atoms. The van der Waals surface area contributed by atoms with Crippen LogP contribution < -0.4 is 10.1 Å². The van der Waals surface area contributed by atoms with Crippen molar-refractivity contribution in [2.45, 2.75) is 18.9 Å². The molecule has 0 spiro atoms. The van der Waals surface area contributed by atoms with Crippen LogP contribution in [0.25, 0.3) is 0 Å². The topological polar surface area (TPSA) is 75.6 Å². The molecule has 0 saturated carbocycles. The van der Waals surface area contributed by atoms with Gasteiger partial charge in [-0.15, -0.1) is 0 Å². The average molecular weight is 295 g/mol. The molecule has 108 valence electrons. The number of amides is 1. The van der Waals surface area contributed by atoms with Crippen LogP contribution >= 0.6 is 11.8 Å². The monoisotopic (exact) mass is 295 g/mol. The van der Waals surface area contributed by atoms with E-state index in [4.69, 9.17) is 4.74 Å². The number of carbonyl (C=O) groups excluding carboxylic acids is 1. The highest BCUT2D eigenvalue weighted by Gasteiger charge is 2.43. The number of benzene rings is 1. The normalized spacial score (nSPS) is 21.4. The Kier molecular flexibility index (Phi) is 4.54.